The van der Waals surface area contributed by atoms with Crippen LogP contribution in [0.3, 0.4) is 0 Å². The fourth-order valence-corrected chi connectivity index (χ4v) is 9.77. The molecule has 56 heavy (non-hydrogen) atoms. The molecule has 0 aliphatic carbocycles. The van der Waals surface area contributed by atoms with Crippen molar-refractivity contribution in [2.45, 2.75) is 0 Å². The number of rotatable bonds is 6. The lowest BCUT2D eigenvalue weighted by molar-refractivity contribution is 1.07. The van der Waals surface area contributed by atoms with Gasteiger partial charge in [-0.1, -0.05) is 158 Å². The molecule has 4 heterocycles. The Bertz CT molecular complexity index is 3170. The number of thiophene rings is 2. The third kappa shape index (κ3) is 5.64. The van der Waals surface area contributed by atoms with E-state index in [-0.39, 0.29) is 0 Å². The van der Waals surface area contributed by atoms with Gasteiger partial charge in [0.1, 0.15) is 0 Å². The van der Waals surface area contributed by atoms with Crippen LogP contribution in [0.2, 0.25) is 0 Å². The quantitative estimate of drug-likeness (QED) is 0.169. The summed E-state index contributed by atoms with van der Waals surface area (Å²) in [5.41, 5.74) is 9.22. The van der Waals surface area contributed by atoms with Gasteiger partial charge in [0.15, 0.2) is 23.3 Å². The number of fused-ring (bicyclic) bond motifs is 6. The minimum Gasteiger partial charge on any atom is -0.226 e. The third-order valence-corrected chi connectivity index (χ3v) is 12.5. The average molecular weight is 752 g/mol. The Labute approximate surface area is 330 Å². The van der Waals surface area contributed by atoms with Gasteiger partial charge in [-0.3, -0.25) is 0 Å². The third-order valence-electron chi connectivity index (χ3n) is 10.2. The Morgan fingerprint density at radius 2 is 0.875 bits per heavy atom. The zero-order chi connectivity index (χ0) is 37.0. The molecule has 0 saturated heterocycles. The first-order valence-electron chi connectivity index (χ1n) is 18.4. The fourth-order valence-electron chi connectivity index (χ4n) is 7.44. The Kier molecular flexibility index (Phi) is 7.79. The zero-order valence-electron chi connectivity index (χ0n) is 29.8. The van der Waals surface area contributed by atoms with Gasteiger partial charge in [0, 0.05) is 58.1 Å². The van der Waals surface area contributed by atoms with Crippen LogP contribution < -0.4 is 0 Å². The smallest absolute Gasteiger partial charge is 0.164 e. The minimum absolute atomic E-state index is 0.642. The molecule has 0 atom stereocenters. The highest BCUT2D eigenvalue weighted by Crippen LogP contribution is 2.44. The van der Waals surface area contributed by atoms with E-state index in [2.05, 4.69) is 109 Å². The van der Waals surface area contributed by atoms with Gasteiger partial charge in [-0.2, -0.15) is 0 Å². The van der Waals surface area contributed by atoms with Crippen molar-refractivity contribution >= 4 is 63.1 Å². The number of benzene rings is 7. The van der Waals surface area contributed by atoms with E-state index in [0.717, 1.165) is 66.1 Å². The average Bonchev–Trinajstić information content (AvgIpc) is 3.85. The van der Waals surface area contributed by atoms with E-state index >= 15 is 0 Å². The van der Waals surface area contributed by atoms with Crippen LogP contribution in [0, 0.1) is 0 Å². The van der Waals surface area contributed by atoms with E-state index in [0.29, 0.717) is 17.5 Å². The summed E-state index contributed by atoms with van der Waals surface area (Å²) in [5, 5.41) is 3.55. The van der Waals surface area contributed by atoms with Crippen molar-refractivity contribution < 1.29 is 0 Å². The first kappa shape index (κ1) is 32.5. The van der Waals surface area contributed by atoms with E-state index in [4.69, 9.17) is 24.9 Å². The number of hydrogen-bond donors (Lipinski definition) is 0. The molecule has 0 bridgehead atoms. The van der Waals surface area contributed by atoms with Gasteiger partial charge in [-0.05, 0) is 29.3 Å². The van der Waals surface area contributed by atoms with Gasteiger partial charge in [0.2, 0.25) is 0 Å². The van der Waals surface area contributed by atoms with Crippen LogP contribution in [-0.4, -0.2) is 24.9 Å². The Hall–Kier alpha value is -6.93. The van der Waals surface area contributed by atoms with Crippen molar-refractivity contribution in [2.75, 3.05) is 0 Å². The molecule has 262 valence electrons. The molecule has 11 aromatic rings. The summed E-state index contributed by atoms with van der Waals surface area (Å²) in [7, 11) is 0. The molecule has 0 N–H and O–H groups in total. The molecule has 4 aromatic heterocycles. The standard InChI is InChI=1S/C49H29N5S2/c1-4-13-31(14-5-1)43-45-44(37-19-10-11-21-39(37)56-45)51-49(50-43)38-20-12-22-40-42(38)36-28-27-35(29-41(36)55-40)30-23-25-34(26-24-30)48-53-46(32-15-6-2-7-16-32)52-47(54-48)33-17-8-3-9-18-33/h1-29H. The maximum absolute atomic E-state index is 5.31. The maximum Gasteiger partial charge on any atom is 0.164 e. The molecule has 5 nitrogen and oxygen atoms in total. The number of aromatic nitrogens is 5. The second-order valence-electron chi connectivity index (χ2n) is 13.6. The lowest BCUT2D eigenvalue weighted by Gasteiger charge is -2.09. The minimum atomic E-state index is 0.642. The van der Waals surface area contributed by atoms with Crippen LogP contribution in [0.4, 0.5) is 0 Å². The monoisotopic (exact) mass is 751 g/mol. The van der Waals surface area contributed by atoms with Gasteiger partial charge in [0.05, 0.1) is 15.9 Å². The normalized spacial score (nSPS) is 11.6. The number of nitrogens with zero attached hydrogens (tertiary/aromatic N) is 5. The molecule has 0 radical (unpaired) electrons. The summed E-state index contributed by atoms with van der Waals surface area (Å²) in [6, 6.07) is 60.9. The van der Waals surface area contributed by atoms with E-state index in [1.165, 1.54) is 24.9 Å². The lowest BCUT2D eigenvalue weighted by Crippen LogP contribution is -2.00. The highest BCUT2D eigenvalue weighted by molar-refractivity contribution is 7.26. The topological polar surface area (TPSA) is 64.5 Å². The lowest BCUT2D eigenvalue weighted by atomic mass is 10.0. The molecule has 0 aliphatic rings. The first-order chi connectivity index (χ1) is 27.7. The van der Waals surface area contributed by atoms with Crippen molar-refractivity contribution in [2.24, 2.45) is 0 Å². The molecule has 0 amide bonds. The van der Waals surface area contributed by atoms with Crippen LogP contribution in [0.5, 0.6) is 0 Å². The molecule has 0 unspecified atom stereocenters. The molecule has 7 aromatic carbocycles. The van der Waals surface area contributed by atoms with Gasteiger partial charge in [0.25, 0.3) is 0 Å². The van der Waals surface area contributed by atoms with Gasteiger partial charge < -0.3 is 0 Å². The Balaban J connectivity index is 0.992. The van der Waals surface area contributed by atoms with Crippen LogP contribution in [0.1, 0.15) is 0 Å². The predicted molar refractivity (Wildman–Crippen MR) is 234 cm³/mol. The molecule has 0 saturated carbocycles. The molecular weight excluding hydrogens is 723 g/mol. The second-order valence-corrected chi connectivity index (χ2v) is 15.8. The molecule has 0 fully saturated rings. The largest absolute Gasteiger partial charge is 0.226 e. The zero-order valence-corrected chi connectivity index (χ0v) is 31.4. The summed E-state index contributed by atoms with van der Waals surface area (Å²) >= 11 is 3.57. The van der Waals surface area contributed by atoms with Gasteiger partial charge >= 0.3 is 0 Å². The van der Waals surface area contributed by atoms with Crippen LogP contribution in [0.15, 0.2) is 176 Å². The van der Waals surface area contributed by atoms with Crippen LogP contribution in [-0.2, 0) is 0 Å². The van der Waals surface area contributed by atoms with Crippen LogP contribution >= 0.6 is 22.7 Å². The van der Waals surface area contributed by atoms with Crippen LogP contribution in [0.25, 0.3) is 108 Å². The van der Waals surface area contributed by atoms with Crippen molar-refractivity contribution in [3.05, 3.63) is 176 Å². The van der Waals surface area contributed by atoms with E-state index < -0.39 is 0 Å². The molecule has 7 heteroatoms. The Morgan fingerprint density at radius 1 is 0.321 bits per heavy atom. The molecule has 0 aliphatic heterocycles. The van der Waals surface area contributed by atoms with Crippen molar-refractivity contribution in [3.8, 4) is 67.9 Å². The van der Waals surface area contributed by atoms with Gasteiger partial charge in [-0.25, -0.2) is 24.9 Å². The maximum atomic E-state index is 5.31. The summed E-state index contributed by atoms with van der Waals surface area (Å²) in [6.07, 6.45) is 0. The van der Waals surface area contributed by atoms with Crippen molar-refractivity contribution in [3.63, 3.8) is 0 Å². The summed E-state index contributed by atoms with van der Waals surface area (Å²) in [4.78, 5) is 25.3. The number of hydrogen-bond acceptors (Lipinski definition) is 7. The summed E-state index contributed by atoms with van der Waals surface area (Å²) in [5.74, 6) is 2.69. The first-order valence-corrected chi connectivity index (χ1v) is 20.0. The second kappa shape index (κ2) is 13.4. The Morgan fingerprint density at radius 3 is 1.55 bits per heavy atom. The van der Waals surface area contributed by atoms with Gasteiger partial charge in [-0.15, -0.1) is 22.7 Å². The summed E-state index contributed by atoms with van der Waals surface area (Å²) in [6.45, 7) is 0. The van der Waals surface area contributed by atoms with E-state index in [9.17, 15) is 0 Å². The molecular formula is C49H29N5S2. The molecule has 11 rings (SSSR count). The fraction of sp³-hybridized carbons (Fsp3) is 0. The van der Waals surface area contributed by atoms with E-state index in [1.54, 1.807) is 22.7 Å². The highest BCUT2D eigenvalue weighted by Gasteiger charge is 2.20. The van der Waals surface area contributed by atoms with Crippen molar-refractivity contribution in [1.82, 2.24) is 24.9 Å². The summed E-state index contributed by atoms with van der Waals surface area (Å²) < 4.78 is 4.76. The van der Waals surface area contributed by atoms with E-state index in [1.807, 2.05) is 66.7 Å². The SMILES string of the molecule is c1ccc(-c2nc(-c3ccccc3)nc(-c3ccc(-c4ccc5c(c4)sc4cccc(-c6nc(-c7ccccc7)c7sc8ccccc8c7n6)c45)cc3)n2)cc1. The molecule has 0 spiro atoms. The highest BCUT2D eigenvalue weighted by atomic mass is 32.1. The predicted octanol–water partition coefficient (Wildman–Crippen LogP) is 13.4. The van der Waals surface area contributed by atoms with Crippen molar-refractivity contribution in [1.29, 1.82) is 0 Å².